The third kappa shape index (κ3) is 2.36. The van der Waals surface area contributed by atoms with Crippen molar-refractivity contribution in [3.63, 3.8) is 0 Å². The van der Waals surface area contributed by atoms with E-state index in [4.69, 9.17) is 5.73 Å². The standard InChI is InChI=1S/C10H11F2N/c1-7(4-5-13)8-2-3-9(11)10(12)6-8/h2-4,6H,5,13H2,1H3. The Labute approximate surface area is 75.9 Å². The quantitative estimate of drug-likeness (QED) is 0.748. The van der Waals surface area contributed by atoms with E-state index in [1.54, 1.807) is 13.0 Å². The molecule has 1 aromatic rings. The Morgan fingerprint density at radius 1 is 1.38 bits per heavy atom. The van der Waals surface area contributed by atoms with Gasteiger partial charge in [0.05, 0.1) is 0 Å². The molecule has 0 saturated heterocycles. The number of benzene rings is 1. The second-order valence-electron chi connectivity index (χ2n) is 2.75. The van der Waals surface area contributed by atoms with Crippen molar-refractivity contribution in [1.29, 1.82) is 0 Å². The molecule has 0 heterocycles. The highest BCUT2D eigenvalue weighted by Gasteiger charge is 2.02. The molecular formula is C10H11F2N. The molecule has 1 nitrogen and oxygen atoms in total. The molecule has 0 radical (unpaired) electrons. The van der Waals surface area contributed by atoms with E-state index in [1.807, 2.05) is 0 Å². The number of hydrogen-bond donors (Lipinski definition) is 1. The molecule has 0 unspecified atom stereocenters. The molecule has 0 spiro atoms. The zero-order valence-corrected chi connectivity index (χ0v) is 7.35. The lowest BCUT2D eigenvalue weighted by molar-refractivity contribution is 0.508. The summed E-state index contributed by atoms with van der Waals surface area (Å²) in [5.41, 5.74) is 6.80. The van der Waals surface area contributed by atoms with Gasteiger partial charge in [-0.15, -0.1) is 0 Å². The SMILES string of the molecule is CC(=CCN)c1ccc(F)c(F)c1. The van der Waals surface area contributed by atoms with Crippen molar-refractivity contribution in [3.8, 4) is 0 Å². The Bertz CT molecular complexity index is 332. The molecule has 0 aromatic heterocycles. The highest BCUT2D eigenvalue weighted by atomic mass is 19.2. The van der Waals surface area contributed by atoms with Gasteiger partial charge in [0.25, 0.3) is 0 Å². The highest BCUT2D eigenvalue weighted by molar-refractivity contribution is 5.63. The summed E-state index contributed by atoms with van der Waals surface area (Å²) in [6.45, 7) is 2.20. The van der Waals surface area contributed by atoms with E-state index in [2.05, 4.69) is 0 Å². The van der Waals surface area contributed by atoms with Crippen molar-refractivity contribution in [2.24, 2.45) is 5.73 Å². The van der Waals surface area contributed by atoms with Crippen molar-refractivity contribution >= 4 is 5.57 Å². The number of allylic oxidation sites excluding steroid dienone is 1. The summed E-state index contributed by atoms with van der Waals surface area (Å²) in [5.74, 6) is -1.66. The van der Waals surface area contributed by atoms with E-state index in [0.717, 1.165) is 17.7 Å². The maximum absolute atomic E-state index is 12.7. The van der Waals surface area contributed by atoms with Crippen LogP contribution in [0.15, 0.2) is 24.3 Å². The van der Waals surface area contributed by atoms with Gasteiger partial charge in [0, 0.05) is 6.54 Å². The molecule has 0 atom stereocenters. The molecular weight excluding hydrogens is 172 g/mol. The first-order chi connectivity index (χ1) is 6.15. The second-order valence-corrected chi connectivity index (χ2v) is 2.75. The van der Waals surface area contributed by atoms with E-state index in [9.17, 15) is 8.78 Å². The van der Waals surface area contributed by atoms with Crippen LogP contribution in [0.25, 0.3) is 5.57 Å². The Morgan fingerprint density at radius 3 is 2.62 bits per heavy atom. The van der Waals surface area contributed by atoms with Crippen LogP contribution < -0.4 is 5.73 Å². The van der Waals surface area contributed by atoms with E-state index in [0.29, 0.717) is 12.1 Å². The average molecular weight is 183 g/mol. The van der Waals surface area contributed by atoms with Gasteiger partial charge in [0.2, 0.25) is 0 Å². The summed E-state index contributed by atoms with van der Waals surface area (Å²) in [5, 5.41) is 0. The Balaban J connectivity index is 3.04. The molecule has 0 bridgehead atoms. The second kappa shape index (κ2) is 4.14. The summed E-state index contributed by atoms with van der Waals surface area (Å²) in [7, 11) is 0. The van der Waals surface area contributed by atoms with Crippen LogP contribution in [-0.2, 0) is 0 Å². The first-order valence-corrected chi connectivity index (χ1v) is 3.97. The number of hydrogen-bond acceptors (Lipinski definition) is 1. The fourth-order valence-electron chi connectivity index (χ4n) is 1.04. The summed E-state index contributed by atoms with van der Waals surface area (Å²) in [6, 6.07) is 3.80. The molecule has 13 heavy (non-hydrogen) atoms. The minimum Gasteiger partial charge on any atom is -0.327 e. The molecule has 1 rings (SSSR count). The van der Waals surface area contributed by atoms with Crippen LogP contribution >= 0.6 is 0 Å². The molecule has 0 aliphatic carbocycles. The van der Waals surface area contributed by atoms with Gasteiger partial charge >= 0.3 is 0 Å². The van der Waals surface area contributed by atoms with Crippen LogP contribution in [0.1, 0.15) is 12.5 Å². The first kappa shape index (κ1) is 9.86. The average Bonchev–Trinajstić information content (AvgIpc) is 2.10. The highest BCUT2D eigenvalue weighted by Crippen LogP contribution is 2.16. The maximum Gasteiger partial charge on any atom is 0.159 e. The summed E-state index contributed by atoms with van der Waals surface area (Å²) < 4.78 is 25.3. The van der Waals surface area contributed by atoms with Gasteiger partial charge in [-0.3, -0.25) is 0 Å². The number of rotatable bonds is 2. The fourth-order valence-corrected chi connectivity index (χ4v) is 1.04. The molecule has 2 N–H and O–H groups in total. The molecule has 0 fully saturated rings. The molecule has 70 valence electrons. The predicted molar refractivity (Wildman–Crippen MR) is 49.1 cm³/mol. The van der Waals surface area contributed by atoms with Gasteiger partial charge in [0.1, 0.15) is 0 Å². The summed E-state index contributed by atoms with van der Waals surface area (Å²) >= 11 is 0. The lowest BCUT2D eigenvalue weighted by atomic mass is 10.1. The van der Waals surface area contributed by atoms with Crippen LogP contribution in [0.4, 0.5) is 8.78 Å². The van der Waals surface area contributed by atoms with Gasteiger partial charge in [-0.2, -0.15) is 0 Å². The van der Waals surface area contributed by atoms with Gasteiger partial charge < -0.3 is 5.73 Å². The van der Waals surface area contributed by atoms with Gasteiger partial charge in [-0.1, -0.05) is 12.1 Å². The van der Waals surface area contributed by atoms with Crippen molar-refractivity contribution in [3.05, 3.63) is 41.5 Å². The summed E-state index contributed by atoms with van der Waals surface area (Å²) in [6.07, 6.45) is 1.76. The van der Waals surface area contributed by atoms with Crippen LogP contribution in [0.5, 0.6) is 0 Å². The Hall–Kier alpha value is -1.22. The molecule has 0 aliphatic rings. The minimum atomic E-state index is -0.831. The zero-order valence-electron chi connectivity index (χ0n) is 7.35. The molecule has 0 aliphatic heterocycles. The first-order valence-electron chi connectivity index (χ1n) is 3.97. The molecule has 3 heteroatoms. The Morgan fingerprint density at radius 2 is 2.08 bits per heavy atom. The normalized spacial score (nSPS) is 11.8. The van der Waals surface area contributed by atoms with Crippen molar-refractivity contribution < 1.29 is 8.78 Å². The van der Waals surface area contributed by atoms with Gasteiger partial charge in [0.15, 0.2) is 11.6 Å². The van der Waals surface area contributed by atoms with Crippen LogP contribution in [0.2, 0.25) is 0 Å². The van der Waals surface area contributed by atoms with E-state index in [-0.39, 0.29) is 0 Å². The van der Waals surface area contributed by atoms with E-state index >= 15 is 0 Å². The van der Waals surface area contributed by atoms with E-state index < -0.39 is 11.6 Å². The van der Waals surface area contributed by atoms with Crippen molar-refractivity contribution in [1.82, 2.24) is 0 Å². The Kier molecular flexibility index (Phi) is 3.14. The number of halogens is 2. The largest absolute Gasteiger partial charge is 0.327 e. The van der Waals surface area contributed by atoms with E-state index in [1.165, 1.54) is 6.07 Å². The minimum absolute atomic E-state index is 0.394. The van der Waals surface area contributed by atoms with Crippen molar-refractivity contribution in [2.75, 3.05) is 6.54 Å². The predicted octanol–water partition coefficient (Wildman–Crippen LogP) is 2.33. The third-order valence-corrected chi connectivity index (χ3v) is 1.80. The lowest BCUT2D eigenvalue weighted by Crippen LogP contribution is -1.95. The third-order valence-electron chi connectivity index (χ3n) is 1.80. The molecule has 0 saturated carbocycles. The summed E-state index contributed by atoms with van der Waals surface area (Å²) in [4.78, 5) is 0. The van der Waals surface area contributed by atoms with Crippen LogP contribution in [0.3, 0.4) is 0 Å². The van der Waals surface area contributed by atoms with Gasteiger partial charge in [-0.05, 0) is 30.2 Å². The van der Waals surface area contributed by atoms with Gasteiger partial charge in [-0.25, -0.2) is 8.78 Å². The molecule has 1 aromatic carbocycles. The topological polar surface area (TPSA) is 26.0 Å². The molecule has 0 amide bonds. The smallest absolute Gasteiger partial charge is 0.159 e. The lowest BCUT2D eigenvalue weighted by Gasteiger charge is -2.01. The fraction of sp³-hybridized carbons (Fsp3) is 0.200. The van der Waals surface area contributed by atoms with Crippen LogP contribution in [-0.4, -0.2) is 6.54 Å². The van der Waals surface area contributed by atoms with Crippen molar-refractivity contribution in [2.45, 2.75) is 6.92 Å². The van der Waals surface area contributed by atoms with Crippen LogP contribution in [0, 0.1) is 11.6 Å². The maximum atomic E-state index is 12.7. The monoisotopic (exact) mass is 183 g/mol. The zero-order chi connectivity index (χ0) is 9.84. The number of nitrogens with two attached hydrogens (primary N) is 1.